The zero-order valence-electron chi connectivity index (χ0n) is 5.49. The summed E-state index contributed by atoms with van der Waals surface area (Å²) in [6.07, 6.45) is -0.568. The van der Waals surface area contributed by atoms with Crippen molar-refractivity contribution < 1.29 is 19.0 Å². The second-order valence-electron chi connectivity index (χ2n) is 1.67. The number of esters is 1. The van der Waals surface area contributed by atoms with Crippen LogP contribution in [0.3, 0.4) is 0 Å². The van der Waals surface area contributed by atoms with Gasteiger partial charge in [-0.3, -0.25) is 0 Å². The molecule has 0 aliphatic heterocycles. The molecule has 4 nitrogen and oxygen atoms in total. The molecule has 0 spiro atoms. The van der Waals surface area contributed by atoms with Gasteiger partial charge in [-0.15, -0.1) is 0 Å². The van der Waals surface area contributed by atoms with E-state index in [2.05, 4.69) is 11.3 Å². The first-order chi connectivity index (χ1) is 4.54. The van der Waals surface area contributed by atoms with Gasteiger partial charge in [0, 0.05) is 5.57 Å². The van der Waals surface area contributed by atoms with E-state index in [1.54, 1.807) is 0 Å². The Balaban J connectivity index is 3.60. The molecule has 1 atom stereocenters. The van der Waals surface area contributed by atoms with Gasteiger partial charge in [-0.1, -0.05) is 11.1 Å². The van der Waals surface area contributed by atoms with Crippen molar-refractivity contribution in [2.75, 3.05) is 6.35 Å². The van der Waals surface area contributed by atoms with Crippen molar-refractivity contribution in [3.8, 4) is 0 Å². The summed E-state index contributed by atoms with van der Waals surface area (Å²) in [6, 6.07) is 0. The quantitative estimate of drug-likeness (QED) is 0.337. The normalized spacial score (nSPS) is 10.4. The summed E-state index contributed by atoms with van der Waals surface area (Å²) in [7, 11) is -2.64. The van der Waals surface area contributed by atoms with Crippen LogP contribution in [0.2, 0.25) is 0 Å². The Labute approximate surface area is 59.4 Å². The summed E-state index contributed by atoms with van der Waals surface area (Å²) in [5.74, 6) is -0.681. The molecule has 1 unspecified atom stereocenters. The van der Waals surface area contributed by atoms with Gasteiger partial charge >= 0.3 is 14.0 Å². The summed E-state index contributed by atoms with van der Waals surface area (Å²) < 4.78 is 14.1. The zero-order valence-corrected chi connectivity index (χ0v) is 6.39. The van der Waals surface area contributed by atoms with E-state index >= 15 is 0 Å². The lowest BCUT2D eigenvalue weighted by atomic mass is 10.4. The van der Waals surface area contributed by atoms with Crippen molar-refractivity contribution in [1.29, 1.82) is 0 Å². The van der Waals surface area contributed by atoms with E-state index in [4.69, 9.17) is 0 Å². The molecule has 0 fully saturated rings. The van der Waals surface area contributed by atoms with Gasteiger partial charge < -0.3 is 9.63 Å². The van der Waals surface area contributed by atoms with Gasteiger partial charge in [0.15, 0.2) is 0 Å². The predicted molar refractivity (Wildman–Crippen MR) is 33.4 cm³/mol. The lowest BCUT2D eigenvalue weighted by Gasteiger charge is -1.95. The molecule has 56 valence electrons. The topological polar surface area (TPSA) is 66.4 Å². The molecule has 0 rings (SSSR count). The fourth-order valence-electron chi connectivity index (χ4n) is 0.235. The van der Waals surface area contributed by atoms with E-state index < -0.39 is 20.3 Å². The maximum Gasteiger partial charge on any atom is 0.351 e. The minimum Gasteiger partial charge on any atom is -0.593 e. The van der Waals surface area contributed by atoms with Crippen LogP contribution >= 0.6 is 8.03 Å². The summed E-state index contributed by atoms with van der Waals surface area (Å²) >= 11 is 0. The number of hydrogen-bond acceptors (Lipinski definition) is 4. The van der Waals surface area contributed by atoms with Gasteiger partial charge in [-0.05, 0) is 6.92 Å². The summed E-state index contributed by atoms with van der Waals surface area (Å²) in [4.78, 5) is 20.3. The van der Waals surface area contributed by atoms with Crippen LogP contribution in [0.1, 0.15) is 6.92 Å². The second kappa shape index (κ2) is 4.14. The molecule has 0 aliphatic carbocycles. The molecular weight excluding hydrogens is 155 g/mol. The van der Waals surface area contributed by atoms with Crippen molar-refractivity contribution in [2.24, 2.45) is 0 Å². The Morgan fingerprint density at radius 1 is 1.80 bits per heavy atom. The van der Waals surface area contributed by atoms with E-state index in [0.717, 1.165) is 0 Å². The third-order valence-corrected chi connectivity index (χ3v) is 0.989. The Morgan fingerprint density at radius 2 is 2.30 bits per heavy atom. The molecule has 0 amide bonds. The number of carbonyl (C=O) groups excluding carboxylic acids is 1. The molecule has 0 aliphatic rings. The third-order valence-electron chi connectivity index (χ3n) is 0.650. The van der Waals surface area contributed by atoms with Crippen LogP contribution in [-0.2, 0) is 14.1 Å². The summed E-state index contributed by atoms with van der Waals surface area (Å²) in [5, 5.41) is 0. The number of hydrogen-bond donors (Lipinski definition) is 0. The fraction of sp³-hybridized carbons (Fsp3) is 0.400. The highest BCUT2D eigenvalue weighted by Gasteiger charge is 2.07. The van der Waals surface area contributed by atoms with Gasteiger partial charge in [-0.2, -0.15) is 0 Å². The Hall–Kier alpha value is -0.730. The van der Waals surface area contributed by atoms with Gasteiger partial charge in [0.2, 0.25) is 0 Å². The highest BCUT2D eigenvalue weighted by molar-refractivity contribution is 7.36. The minimum absolute atomic E-state index is 0.192. The Kier molecular flexibility index (Phi) is 3.84. The van der Waals surface area contributed by atoms with Crippen LogP contribution in [0, 0.1) is 0 Å². The molecular formula is C5H7O4P. The van der Waals surface area contributed by atoms with Gasteiger partial charge in [0.1, 0.15) is 0 Å². The molecule has 10 heavy (non-hydrogen) atoms. The average Bonchev–Trinajstić information content (AvgIpc) is 1.82. The van der Waals surface area contributed by atoms with Crippen LogP contribution in [0.25, 0.3) is 0 Å². The standard InChI is InChI=1S/C5H7O4P/c1-4(2)5(6)9-3-10(7)8/h1,3H2,2H3. The molecule has 0 bridgehead atoms. The first-order valence-corrected chi connectivity index (χ1v) is 3.84. The van der Waals surface area contributed by atoms with E-state index in [0.29, 0.717) is 0 Å². The molecule has 0 N–H and O–H groups in total. The molecule has 0 aromatic carbocycles. The minimum atomic E-state index is -2.64. The molecule has 0 saturated carbocycles. The first kappa shape index (κ1) is 9.27. The van der Waals surface area contributed by atoms with Crippen LogP contribution in [0.5, 0.6) is 0 Å². The maximum absolute atomic E-state index is 10.5. The SMILES string of the molecule is C=C(C)C(=O)OC[P+](=O)[O-]. The molecule has 0 saturated heterocycles. The largest absolute Gasteiger partial charge is 0.593 e. The van der Waals surface area contributed by atoms with Gasteiger partial charge in [0.05, 0.1) is 0 Å². The van der Waals surface area contributed by atoms with E-state index in [1.165, 1.54) is 6.92 Å². The fourth-order valence-corrected chi connectivity index (χ4v) is 0.457. The second-order valence-corrected chi connectivity index (χ2v) is 2.60. The van der Waals surface area contributed by atoms with Crippen molar-refractivity contribution in [3.05, 3.63) is 12.2 Å². The summed E-state index contributed by atoms with van der Waals surface area (Å²) in [6.45, 7) is 4.71. The molecule has 0 heterocycles. The smallest absolute Gasteiger partial charge is 0.351 e. The van der Waals surface area contributed by atoms with Crippen LogP contribution in [0.4, 0.5) is 0 Å². The van der Waals surface area contributed by atoms with Crippen LogP contribution in [-0.4, -0.2) is 12.3 Å². The van der Waals surface area contributed by atoms with Crippen molar-refractivity contribution >= 4 is 14.0 Å². The summed E-state index contributed by atoms with van der Waals surface area (Å²) in [5.41, 5.74) is 0.192. The van der Waals surface area contributed by atoms with Crippen LogP contribution < -0.4 is 4.89 Å². The first-order valence-electron chi connectivity index (χ1n) is 2.48. The van der Waals surface area contributed by atoms with E-state index in [9.17, 15) is 14.3 Å². The number of carbonyl (C=O) groups is 1. The number of rotatable bonds is 3. The monoisotopic (exact) mass is 162 g/mol. The Bertz CT molecular complexity index is 174. The van der Waals surface area contributed by atoms with Gasteiger partial charge in [0.25, 0.3) is 6.35 Å². The maximum atomic E-state index is 10.5. The number of ether oxygens (including phenoxy) is 1. The van der Waals surface area contributed by atoms with Crippen LogP contribution in [0.15, 0.2) is 12.2 Å². The molecule has 0 radical (unpaired) electrons. The van der Waals surface area contributed by atoms with Crippen molar-refractivity contribution in [3.63, 3.8) is 0 Å². The Morgan fingerprint density at radius 3 is 2.60 bits per heavy atom. The third kappa shape index (κ3) is 4.18. The predicted octanol–water partition coefficient (Wildman–Crippen LogP) is 0.166. The van der Waals surface area contributed by atoms with Crippen molar-refractivity contribution in [2.45, 2.75) is 6.92 Å². The highest BCUT2D eigenvalue weighted by atomic mass is 31.1. The van der Waals surface area contributed by atoms with Gasteiger partial charge in [-0.25, -0.2) is 4.79 Å². The zero-order chi connectivity index (χ0) is 8.15. The molecule has 5 heteroatoms. The van der Waals surface area contributed by atoms with Crippen molar-refractivity contribution in [1.82, 2.24) is 0 Å². The van der Waals surface area contributed by atoms with E-state index in [-0.39, 0.29) is 5.57 Å². The highest BCUT2D eigenvalue weighted by Crippen LogP contribution is 2.07. The molecule has 0 aromatic heterocycles. The lowest BCUT2D eigenvalue weighted by Crippen LogP contribution is -2.06. The molecule has 0 aromatic rings. The lowest BCUT2D eigenvalue weighted by molar-refractivity contribution is -0.171. The average molecular weight is 162 g/mol. The van der Waals surface area contributed by atoms with E-state index in [1.807, 2.05) is 0 Å².